The van der Waals surface area contributed by atoms with E-state index in [9.17, 15) is 5.26 Å². The smallest absolute Gasteiger partial charge is 0.0677 e. The minimum atomic E-state index is 0.154. The summed E-state index contributed by atoms with van der Waals surface area (Å²) in [5.74, 6) is 0.154. The first kappa shape index (κ1) is 12.8. The lowest BCUT2D eigenvalue weighted by molar-refractivity contribution is 0.389. The van der Waals surface area contributed by atoms with E-state index in [2.05, 4.69) is 40.6 Å². The molecule has 0 radical (unpaired) electrons. The number of anilines is 2. The SMILES string of the molecule is CN(C)c1cccc(NC2CCCCC2C#N)c1. The van der Waals surface area contributed by atoms with Crippen molar-refractivity contribution in [3.63, 3.8) is 0 Å². The van der Waals surface area contributed by atoms with Gasteiger partial charge in [-0.3, -0.25) is 0 Å². The minimum absolute atomic E-state index is 0.154. The Kier molecular flexibility index (Phi) is 4.09. The average molecular weight is 243 g/mol. The Labute approximate surface area is 109 Å². The zero-order chi connectivity index (χ0) is 13.0. The number of hydrogen-bond acceptors (Lipinski definition) is 3. The molecule has 1 aliphatic rings. The van der Waals surface area contributed by atoms with E-state index in [1.165, 1.54) is 18.5 Å². The summed E-state index contributed by atoms with van der Waals surface area (Å²) < 4.78 is 0. The highest BCUT2D eigenvalue weighted by Gasteiger charge is 2.24. The third kappa shape index (κ3) is 2.95. The van der Waals surface area contributed by atoms with Crippen molar-refractivity contribution in [1.82, 2.24) is 0 Å². The molecule has 0 bridgehead atoms. The molecule has 0 spiro atoms. The Hall–Kier alpha value is -1.69. The van der Waals surface area contributed by atoms with Gasteiger partial charge >= 0.3 is 0 Å². The molecule has 1 saturated carbocycles. The lowest BCUT2D eigenvalue weighted by Gasteiger charge is -2.28. The number of nitrogens with zero attached hydrogens (tertiary/aromatic N) is 2. The van der Waals surface area contributed by atoms with E-state index in [1.807, 2.05) is 14.1 Å². The first-order valence-electron chi connectivity index (χ1n) is 6.64. The standard InChI is InChI=1S/C15H21N3/c1-18(2)14-8-5-7-13(10-14)17-15-9-4-3-6-12(15)11-16/h5,7-8,10,12,15,17H,3-4,6,9H2,1-2H3. The Morgan fingerprint density at radius 1 is 1.28 bits per heavy atom. The number of benzene rings is 1. The molecule has 2 unspecified atom stereocenters. The van der Waals surface area contributed by atoms with Gasteiger partial charge in [-0.05, 0) is 31.0 Å². The molecule has 0 amide bonds. The Bertz CT molecular complexity index is 434. The van der Waals surface area contributed by atoms with E-state index in [0.29, 0.717) is 6.04 Å². The molecule has 18 heavy (non-hydrogen) atoms. The van der Waals surface area contributed by atoms with Crippen molar-refractivity contribution in [2.75, 3.05) is 24.3 Å². The van der Waals surface area contributed by atoms with Gasteiger partial charge in [0.25, 0.3) is 0 Å². The van der Waals surface area contributed by atoms with Crippen molar-refractivity contribution < 1.29 is 0 Å². The van der Waals surface area contributed by atoms with Crippen molar-refractivity contribution >= 4 is 11.4 Å². The van der Waals surface area contributed by atoms with Gasteiger partial charge in [0.05, 0.1) is 12.0 Å². The van der Waals surface area contributed by atoms with Crippen LogP contribution in [0.3, 0.4) is 0 Å². The average Bonchev–Trinajstić information content (AvgIpc) is 2.39. The second-order valence-corrected chi connectivity index (χ2v) is 5.22. The van der Waals surface area contributed by atoms with Gasteiger partial charge in [-0.2, -0.15) is 5.26 Å². The fraction of sp³-hybridized carbons (Fsp3) is 0.533. The minimum Gasteiger partial charge on any atom is -0.381 e. The van der Waals surface area contributed by atoms with Crippen LogP contribution in [-0.2, 0) is 0 Å². The van der Waals surface area contributed by atoms with Crippen LogP contribution >= 0.6 is 0 Å². The van der Waals surface area contributed by atoms with Crippen LogP contribution in [0.1, 0.15) is 25.7 Å². The highest BCUT2D eigenvalue weighted by atomic mass is 15.1. The van der Waals surface area contributed by atoms with Crippen molar-refractivity contribution in [3.05, 3.63) is 24.3 Å². The van der Waals surface area contributed by atoms with E-state index >= 15 is 0 Å². The molecule has 1 aromatic rings. The van der Waals surface area contributed by atoms with Crippen LogP contribution in [0.25, 0.3) is 0 Å². The Balaban J connectivity index is 2.08. The lowest BCUT2D eigenvalue weighted by atomic mass is 9.85. The summed E-state index contributed by atoms with van der Waals surface area (Å²) in [5.41, 5.74) is 2.30. The van der Waals surface area contributed by atoms with E-state index < -0.39 is 0 Å². The molecule has 3 nitrogen and oxygen atoms in total. The van der Waals surface area contributed by atoms with Crippen LogP contribution < -0.4 is 10.2 Å². The number of nitriles is 1. The summed E-state index contributed by atoms with van der Waals surface area (Å²) in [7, 11) is 4.08. The highest BCUT2D eigenvalue weighted by molar-refractivity contribution is 5.57. The van der Waals surface area contributed by atoms with Gasteiger partial charge in [0, 0.05) is 31.5 Å². The molecular weight excluding hydrogens is 222 g/mol. The summed E-state index contributed by atoms with van der Waals surface area (Å²) in [6, 6.07) is 11.1. The molecule has 2 atom stereocenters. The third-order valence-corrected chi connectivity index (χ3v) is 3.65. The third-order valence-electron chi connectivity index (χ3n) is 3.65. The molecule has 0 aromatic heterocycles. The van der Waals surface area contributed by atoms with Crippen LogP contribution in [0.15, 0.2) is 24.3 Å². The second kappa shape index (κ2) is 5.77. The topological polar surface area (TPSA) is 39.1 Å². The predicted octanol–water partition coefficient (Wildman–Crippen LogP) is 3.25. The highest BCUT2D eigenvalue weighted by Crippen LogP contribution is 2.27. The number of nitrogens with one attached hydrogen (secondary N) is 1. The Morgan fingerprint density at radius 3 is 2.78 bits per heavy atom. The molecule has 1 aromatic carbocycles. The van der Waals surface area contributed by atoms with Crippen LogP contribution in [0, 0.1) is 17.2 Å². The van der Waals surface area contributed by atoms with Gasteiger partial charge in [-0.25, -0.2) is 0 Å². The molecular formula is C15H21N3. The van der Waals surface area contributed by atoms with Gasteiger partial charge in [-0.1, -0.05) is 18.9 Å². The van der Waals surface area contributed by atoms with Gasteiger partial charge in [0.2, 0.25) is 0 Å². The van der Waals surface area contributed by atoms with E-state index in [1.54, 1.807) is 0 Å². The van der Waals surface area contributed by atoms with Crippen molar-refractivity contribution in [2.45, 2.75) is 31.7 Å². The van der Waals surface area contributed by atoms with Gasteiger partial charge in [0.1, 0.15) is 0 Å². The van der Waals surface area contributed by atoms with E-state index in [0.717, 1.165) is 18.5 Å². The normalized spacial score (nSPS) is 23.2. The molecule has 0 saturated heterocycles. The van der Waals surface area contributed by atoms with Crippen LogP contribution in [0.2, 0.25) is 0 Å². The van der Waals surface area contributed by atoms with E-state index in [-0.39, 0.29) is 5.92 Å². The summed E-state index contributed by atoms with van der Waals surface area (Å²) >= 11 is 0. The lowest BCUT2D eigenvalue weighted by Crippen LogP contribution is -2.31. The van der Waals surface area contributed by atoms with Gasteiger partial charge < -0.3 is 10.2 Å². The largest absolute Gasteiger partial charge is 0.381 e. The van der Waals surface area contributed by atoms with Crippen molar-refractivity contribution in [3.8, 4) is 6.07 Å². The molecule has 96 valence electrons. The molecule has 0 heterocycles. The van der Waals surface area contributed by atoms with Crippen molar-refractivity contribution in [2.24, 2.45) is 5.92 Å². The predicted molar refractivity (Wildman–Crippen MR) is 75.8 cm³/mol. The monoisotopic (exact) mass is 243 g/mol. The van der Waals surface area contributed by atoms with Crippen molar-refractivity contribution in [1.29, 1.82) is 5.26 Å². The molecule has 1 fully saturated rings. The Morgan fingerprint density at radius 2 is 2.06 bits per heavy atom. The maximum atomic E-state index is 9.18. The quantitative estimate of drug-likeness (QED) is 0.885. The fourth-order valence-corrected chi connectivity index (χ4v) is 2.55. The maximum absolute atomic E-state index is 9.18. The fourth-order valence-electron chi connectivity index (χ4n) is 2.55. The first-order chi connectivity index (χ1) is 8.70. The van der Waals surface area contributed by atoms with Crippen LogP contribution in [0.4, 0.5) is 11.4 Å². The number of hydrogen-bond donors (Lipinski definition) is 1. The molecule has 1 aliphatic carbocycles. The molecule has 3 heteroatoms. The molecule has 0 aliphatic heterocycles. The van der Waals surface area contributed by atoms with Crippen LogP contribution in [-0.4, -0.2) is 20.1 Å². The summed E-state index contributed by atoms with van der Waals surface area (Å²) in [4.78, 5) is 2.09. The van der Waals surface area contributed by atoms with Crippen LogP contribution in [0.5, 0.6) is 0 Å². The van der Waals surface area contributed by atoms with Gasteiger partial charge in [-0.15, -0.1) is 0 Å². The van der Waals surface area contributed by atoms with E-state index in [4.69, 9.17) is 0 Å². The maximum Gasteiger partial charge on any atom is 0.0677 e. The van der Waals surface area contributed by atoms with Gasteiger partial charge in [0.15, 0.2) is 0 Å². The number of rotatable bonds is 3. The second-order valence-electron chi connectivity index (χ2n) is 5.22. The summed E-state index contributed by atoms with van der Waals surface area (Å²) in [6.07, 6.45) is 4.54. The first-order valence-corrected chi connectivity index (χ1v) is 6.64. The zero-order valence-electron chi connectivity index (χ0n) is 11.2. The summed E-state index contributed by atoms with van der Waals surface area (Å²) in [6.45, 7) is 0. The zero-order valence-corrected chi connectivity index (χ0v) is 11.2. The molecule has 1 N–H and O–H groups in total. The molecule has 2 rings (SSSR count). The summed E-state index contributed by atoms with van der Waals surface area (Å²) in [5, 5.41) is 12.7.